The van der Waals surface area contributed by atoms with E-state index in [2.05, 4.69) is 5.32 Å². The number of nitrogens with zero attached hydrogens (tertiary/aromatic N) is 1. The highest BCUT2D eigenvalue weighted by molar-refractivity contribution is 5.78. The fraction of sp³-hybridized carbons (Fsp3) is 0.870. The monoisotopic (exact) mass is 476 g/mol. The first-order valence-corrected chi connectivity index (χ1v) is 11.5. The highest BCUT2D eigenvalue weighted by Crippen LogP contribution is 2.50. The third-order valence-electron chi connectivity index (χ3n) is 6.60. The Hall–Kier alpha value is -2.00. The van der Waals surface area contributed by atoms with Gasteiger partial charge in [0.05, 0.1) is 11.5 Å². The number of hydrogen-bond donors (Lipinski definition) is 1. The fourth-order valence-electron chi connectivity index (χ4n) is 5.44. The van der Waals surface area contributed by atoms with Crippen LogP contribution in [0.25, 0.3) is 0 Å². The molecule has 188 valence electrons. The number of piperidine rings is 1. The van der Waals surface area contributed by atoms with Crippen molar-refractivity contribution in [3.05, 3.63) is 0 Å². The zero-order chi connectivity index (χ0) is 24.9. The average Bonchev–Trinajstić information content (AvgIpc) is 2.89. The summed E-state index contributed by atoms with van der Waals surface area (Å²) in [5.74, 6) is -1.99. The van der Waals surface area contributed by atoms with Gasteiger partial charge in [-0.25, -0.2) is 4.79 Å². The zero-order valence-electron chi connectivity index (χ0n) is 20.1. The van der Waals surface area contributed by atoms with E-state index in [1.54, 1.807) is 41.5 Å². The third-order valence-corrected chi connectivity index (χ3v) is 6.60. The second-order valence-electron chi connectivity index (χ2n) is 11.7. The number of halogens is 3. The van der Waals surface area contributed by atoms with Crippen LogP contribution in [-0.2, 0) is 19.1 Å². The van der Waals surface area contributed by atoms with E-state index in [4.69, 9.17) is 9.47 Å². The topological polar surface area (TPSA) is 84.9 Å². The summed E-state index contributed by atoms with van der Waals surface area (Å²) in [6.07, 6.45) is -5.77. The number of carbonyl (C=O) groups excluding carboxylic acids is 3. The van der Waals surface area contributed by atoms with Crippen LogP contribution in [-0.4, -0.2) is 59.4 Å². The van der Waals surface area contributed by atoms with Gasteiger partial charge in [-0.2, -0.15) is 13.2 Å². The first-order valence-electron chi connectivity index (χ1n) is 11.5. The van der Waals surface area contributed by atoms with Crippen LogP contribution >= 0.6 is 0 Å². The van der Waals surface area contributed by atoms with Crippen LogP contribution in [0.4, 0.5) is 18.0 Å². The summed E-state index contributed by atoms with van der Waals surface area (Å²) in [6, 6.07) is -0.992. The summed E-state index contributed by atoms with van der Waals surface area (Å²) in [5.41, 5.74) is -1.51. The van der Waals surface area contributed by atoms with Gasteiger partial charge in [0.1, 0.15) is 18.1 Å². The van der Waals surface area contributed by atoms with Gasteiger partial charge in [0.2, 0.25) is 5.91 Å². The van der Waals surface area contributed by atoms with Crippen molar-refractivity contribution in [1.29, 1.82) is 0 Å². The first kappa shape index (κ1) is 25.6. The number of alkyl carbamates (subject to hydrolysis) is 1. The van der Waals surface area contributed by atoms with Gasteiger partial charge >= 0.3 is 18.2 Å². The Morgan fingerprint density at radius 3 is 2.18 bits per heavy atom. The molecule has 3 saturated carbocycles. The molecule has 0 aromatic heterocycles. The molecule has 0 aromatic carbocycles. The van der Waals surface area contributed by atoms with E-state index in [1.165, 1.54) is 4.90 Å². The highest BCUT2D eigenvalue weighted by Gasteiger charge is 2.58. The lowest BCUT2D eigenvalue weighted by Crippen LogP contribution is -2.63. The Balaban J connectivity index is 1.90. The van der Waals surface area contributed by atoms with Crippen LogP contribution in [0.3, 0.4) is 0 Å². The lowest BCUT2D eigenvalue weighted by Gasteiger charge is -2.50. The van der Waals surface area contributed by atoms with Gasteiger partial charge in [0, 0.05) is 18.5 Å². The van der Waals surface area contributed by atoms with E-state index in [-0.39, 0.29) is 30.3 Å². The van der Waals surface area contributed by atoms with Crippen LogP contribution in [0.1, 0.15) is 67.2 Å². The fourth-order valence-corrected chi connectivity index (χ4v) is 5.44. The van der Waals surface area contributed by atoms with E-state index in [9.17, 15) is 27.6 Å². The number of nitrogens with one attached hydrogen (secondary N) is 1. The second-order valence-corrected chi connectivity index (χ2v) is 11.7. The molecule has 5 fully saturated rings. The molecule has 6 atom stereocenters. The number of amides is 2. The summed E-state index contributed by atoms with van der Waals surface area (Å²) < 4.78 is 50.3. The average molecular weight is 477 g/mol. The van der Waals surface area contributed by atoms with Gasteiger partial charge in [-0.05, 0) is 72.6 Å². The molecule has 33 heavy (non-hydrogen) atoms. The van der Waals surface area contributed by atoms with Gasteiger partial charge in [-0.3, -0.25) is 9.59 Å². The summed E-state index contributed by atoms with van der Waals surface area (Å²) in [7, 11) is 0. The van der Waals surface area contributed by atoms with Crippen molar-refractivity contribution in [2.24, 2.45) is 23.2 Å². The van der Waals surface area contributed by atoms with Crippen LogP contribution < -0.4 is 5.32 Å². The molecular formula is C23H35F3N2O5. The highest BCUT2D eigenvalue weighted by atomic mass is 19.4. The van der Waals surface area contributed by atoms with Gasteiger partial charge in [0.15, 0.2) is 0 Å². The molecule has 0 aromatic rings. The number of fused-ring (bicyclic) bond motifs is 2. The molecule has 2 saturated heterocycles. The van der Waals surface area contributed by atoms with Crippen molar-refractivity contribution in [1.82, 2.24) is 10.2 Å². The molecule has 3 unspecified atom stereocenters. The molecule has 2 heterocycles. The largest absolute Gasteiger partial charge is 0.459 e. The van der Waals surface area contributed by atoms with Crippen LogP contribution in [0.15, 0.2) is 0 Å². The molecule has 4 bridgehead atoms. The predicted octanol–water partition coefficient (Wildman–Crippen LogP) is 4.05. The number of rotatable bonds is 3. The molecule has 1 N–H and O–H groups in total. The molecule has 0 radical (unpaired) electrons. The van der Waals surface area contributed by atoms with Crippen molar-refractivity contribution < 1.29 is 37.0 Å². The number of hydrogen-bond acceptors (Lipinski definition) is 5. The van der Waals surface area contributed by atoms with Crippen molar-refractivity contribution in [3.63, 3.8) is 0 Å². The second kappa shape index (κ2) is 8.65. The summed E-state index contributed by atoms with van der Waals surface area (Å²) in [5, 5.41) is 2.90. The van der Waals surface area contributed by atoms with Gasteiger partial charge in [-0.15, -0.1) is 0 Å². The van der Waals surface area contributed by atoms with E-state index in [1.807, 2.05) is 0 Å². The molecule has 10 heteroatoms. The summed E-state index contributed by atoms with van der Waals surface area (Å²) in [6.45, 7) is 10.6. The van der Waals surface area contributed by atoms with E-state index >= 15 is 0 Å². The number of esters is 1. The quantitative estimate of drug-likeness (QED) is 0.622. The lowest BCUT2D eigenvalue weighted by atomic mass is 9.73. The van der Waals surface area contributed by atoms with Crippen molar-refractivity contribution in [3.8, 4) is 0 Å². The molecule has 0 spiro atoms. The van der Waals surface area contributed by atoms with Gasteiger partial charge in [0.25, 0.3) is 0 Å². The minimum absolute atomic E-state index is 0.0165. The minimum atomic E-state index is -4.61. The molecular weight excluding hydrogens is 441 g/mol. The van der Waals surface area contributed by atoms with Crippen molar-refractivity contribution in [2.45, 2.75) is 97.2 Å². The zero-order valence-corrected chi connectivity index (χ0v) is 20.1. The Morgan fingerprint density at radius 1 is 1.00 bits per heavy atom. The molecule has 2 amide bonds. The van der Waals surface area contributed by atoms with E-state index < -0.39 is 53.7 Å². The minimum Gasteiger partial charge on any atom is -0.459 e. The lowest BCUT2D eigenvalue weighted by molar-refractivity contribution is -0.181. The Morgan fingerprint density at radius 2 is 1.64 bits per heavy atom. The van der Waals surface area contributed by atoms with Crippen LogP contribution in [0, 0.1) is 23.2 Å². The number of carbonyl (C=O) groups is 3. The molecule has 5 rings (SSSR count). The molecule has 7 nitrogen and oxygen atoms in total. The normalized spacial score (nSPS) is 31.7. The number of ether oxygens (including phenoxy) is 2. The smallest absolute Gasteiger partial charge is 0.407 e. The van der Waals surface area contributed by atoms with E-state index in [0.29, 0.717) is 19.3 Å². The number of alkyl halides is 3. The summed E-state index contributed by atoms with van der Waals surface area (Å²) in [4.78, 5) is 39.2. The van der Waals surface area contributed by atoms with E-state index in [0.717, 1.165) is 0 Å². The van der Waals surface area contributed by atoms with Gasteiger partial charge < -0.3 is 19.7 Å². The Labute approximate surface area is 192 Å². The maximum absolute atomic E-state index is 13.0. The predicted molar refractivity (Wildman–Crippen MR) is 113 cm³/mol. The standard InChI is InChI=1S/C23H35F3N2O5/c1-21(2,3)19(30)32-18-14-8-12-7-13(9-15(14)27-20(31)33-22(4,5)6)17(18)28(11-12)16(29)10-23(24,25)26/h12-15,17-18H,7-11H2,1-6H3,(H,27,31)/t12?,13-,14+,15?,17?,18-/m0/s1. The van der Waals surface area contributed by atoms with Crippen molar-refractivity contribution in [2.75, 3.05) is 6.54 Å². The first-order chi connectivity index (χ1) is 14.9. The molecule has 3 aliphatic carbocycles. The SMILES string of the molecule is CC(C)(C)OC(=O)NC1C[C@@H]2CC3C[C@H]1[C@H](OC(=O)C(C)(C)C)C2N(C(=O)CC(F)(F)F)C3. The van der Waals surface area contributed by atoms with Gasteiger partial charge in [-0.1, -0.05) is 0 Å². The van der Waals surface area contributed by atoms with Crippen LogP contribution in [0.5, 0.6) is 0 Å². The Bertz CT molecular complexity index is 786. The van der Waals surface area contributed by atoms with Crippen LogP contribution in [0.2, 0.25) is 0 Å². The Kier molecular flexibility index (Phi) is 6.72. The van der Waals surface area contributed by atoms with Crippen molar-refractivity contribution >= 4 is 18.0 Å². The maximum atomic E-state index is 13.0. The summed E-state index contributed by atoms with van der Waals surface area (Å²) >= 11 is 0. The third kappa shape index (κ3) is 6.12. The molecule has 2 aliphatic heterocycles. The molecule has 5 aliphatic rings. The maximum Gasteiger partial charge on any atom is 0.407 e.